The number of halogens is 5. The summed E-state index contributed by atoms with van der Waals surface area (Å²) in [6.07, 6.45) is -2.25. The number of nitrogens with zero attached hydrogens (tertiary/aromatic N) is 2. The van der Waals surface area contributed by atoms with Crippen molar-refractivity contribution in [1.82, 2.24) is 9.55 Å². The van der Waals surface area contributed by atoms with Gasteiger partial charge in [0.2, 0.25) is 0 Å². The van der Waals surface area contributed by atoms with E-state index in [9.17, 15) is 32.3 Å². The molecular formula is C18H18F5N3O3. The number of anilines is 1. The van der Waals surface area contributed by atoms with Crippen molar-refractivity contribution in [3.63, 3.8) is 0 Å². The quantitative estimate of drug-likeness (QED) is 0.747. The Balaban J connectivity index is 2.08. The van der Waals surface area contributed by atoms with Crippen LogP contribution >= 0.6 is 0 Å². The van der Waals surface area contributed by atoms with Gasteiger partial charge in [-0.3, -0.25) is 14.3 Å². The van der Waals surface area contributed by atoms with Gasteiger partial charge in [-0.15, -0.1) is 0 Å². The van der Waals surface area contributed by atoms with Crippen molar-refractivity contribution in [2.45, 2.75) is 38.2 Å². The molecule has 0 radical (unpaired) electrons. The lowest BCUT2D eigenvalue weighted by molar-refractivity contribution is -0.0391. The summed E-state index contributed by atoms with van der Waals surface area (Å²) in [4.78, 5) is 27.5. The smallest absolute Gasteiger partial charge is 0.329 e. The van der Waals surface area contributed by atoms with Crippen LogP contribution in [0.4, 0.5) is 27.6 Å². The molecule has 6 nitrogen and oxygen atoms in total. The lowest BCUT2D eigenvalue weighted by Crippen LogP contribution is -2.33. The average Bonchev–Trinajstić information content (AvgIpc) is 3.39. The minimum absolute atomic E-state index is 0.0358. The summed E-state index contributed by atoms with van der Waals surface area (Å²) in [6, 6.07) is -0.338. The molecule has 2 aliphatic rings. The largest absolute Gasteiger partial charge is 0.396 e. The number of H-pyrrole nitrogens is 1. The second-order valence-corrected chi connectivity index (χ2v) is 7.61. The van der Waals surface area contributed by atoms with Crippen molar-refractivity contribution in [1.29, 1.82) is 0 Å². The summed E-state index contributed by atoms with van der Waals surface area (Å²) in [5, 5.41) is 8.56. The van der Waals surface area contributed by atoms with Gasteiger partial charge in [-0.25, -0.2) is 26.7 Å². The van der Waals surface area contributed by atoms with Crippen LogP contribution in [0.5, 0.6) is 0 Å². The average molecular weight is 419 g/mol. The van der Waals surface area contributed by atoms with E-state index in [1.807, 2.05) is 4.98 Å². The Kier molecular flexibility index (Phi) is 4.48. The van der Waals surface area contributed by atoms with Gasteiger partial charge in [0.1, 0.15) is 0 Å². The number of aryl methyl sites for hydroxylation is 1. The summed E-state index contributed by atoms with van der Waals surface area (Å²) < 4.78 is 72.2. The van der Waals surface area contributed by atoms with E-state index in [0.717, 1.165) is 9.47 Å². The fourth-order valence-electron chi connectivity index (χ4n) is 4.15. The highest BCUT2D eigenvalue weighted by Crippen LogP contribution is 2.44. The zero-order valence-electron chi connectivity index (χ0n) is 15.3. The van der Waals surface area contributed by atoms with Crippen LogP contribution in [0.15, 0.2) is 9.59 Å². The molecule has 1 aliphatic heterocycles. The Morgan fingerprint density at radius 1 is 1.28 bits per heavy atom. The van der Waals surface area contributed by atoms with Gasteiger partial charge in [0.15, 0.2) is 5.82 Å². The Morgan fingerprint density at radius 2 is 1.93 bits per heavy atom. The van der Waals surface area contributed by atoms with Gasteiger partial charge in [0, 0.05) is 18.2 Å². The third-order valence-electron chi connectivity index (χ3n) is 5.67. The monoisotopic (exact) mass is 419 g/mol. The highest BCUT2D eigenvalue weighted by Gasteiger charge is 2.49. The fraction of sp³-hybridized carbons (Fsp3) is 0.556. The van der Waals surface area contributed by atoms with Crippen molar-refractivity contribution in [2.75, 3.05) is 24.6 Å². The lowest BCUT2D eigenvalue weighted by atomic mass is 10.0. The van der Waals surface area contributed by atoms with E-state index in [0.29, 0.717) is 12.8 Å². The number of hydrogen-bond acceptors (Lipinski definition) is 4. The number of benzene rings is 1. The van der Waals surface area contributed by atoms with Crippen LogP contribution in [0.25, 0.3) is 10.9 Å². The van der Waals surface area contributed by atoms with Crippen molar-refractivity contribution in [2.24, 2.45) is 5.92 Å². The first kappa shape index (κ1) is 19.9. The zero-order chi connectivity index (χ0) is 21.2. The maximum Gasteiger partial charge on any atom is 0.329 e. The second kappa shape index (κ2) is 6.54. The first-order valence-electron chi connectivity index (χ1n) is 9.10. The summed E-state index contributed by atoms with van der Waals surface area (Å²) in [5.41, 5.74) is -3.87. The molecule has 0 spiro atoms. The third kappa shape index (κ3) is 2.93. The summed E-state index contributed by atoms with van der Waals surface area (Å²) >= 11 is 0. The number of hydrogen-bond donors (Lipinski definition) is 2. The summed E-state index contributed by atoms with van der Waals surface area (Å²) in [5.74, 6) is -6.31. The van der Waals surface area contributed by atoms with Gasteiger partial charge < -0.3 is 10.0 Å². The van der Waals surface area contributed by atoms with Gasteiger partial charge in [-0.2, -0.15) is 0 Å². The van der Waals surface area contributed by atoms with Crippen molar-refractivity contribution < 1.29 is 27.1 Å². The SMILES string of the molecule is Cc1c(N2CC(CO)C(F)(F)C2)c(F)c(C(F)F)c2c(=O)[nH]c(=O)n(C3CC3)c12. The molecule has 2 heterocycles. The van der Waals surface area contributed by atoms with Crippen LogP contribution in [-0.2, 0) is 0 Å². The number of aliphatic hydroxyl groups excluding tert-OH is 1. The van der Waals surface area contributed by atoms with Crippen LogP contribution in [0.1, 0.15) is 36.4 Å². The molecule has 0 amide bonds. The van der Waals surface area contributed by atoms with E-state index in [-0.39, 0.29) is 17.1 Å². The summed E-state index contributed by atoms with van der Waals surface area (Å²) in [6.45, 7) is -0.961. The number of aliphatic hydroxyl groups is 1. The number of rotatable bonds is 4. The molecule has 29 heavy (non-hydrogen) atoms. The first-order chi connectivity index (χ1) is 13.6. The van der Waals surface area contributed by atoms with Gasteiger partial charge in [0.25, 0.3) is 17.9 Å². The predicted molar refractivity (Wildman–Crippen MR) is 94.5 cm³/mol. The molecule has 1 saturated carbocycles. The highest BCUT2D eigenvalue weighted by molar-refractivity contribution is 5.90. The minimum atomic E-state index is -3.40. The van der Waals surface area contributed by atoms with Crippen LogP contribution in [0.3, 0.4) is 0 Å². The van der Waals surface area contributed by atoms with E-state index in [2.05, 4.69) is 0 Å². The molecule has 158 valence electrons. The van der Waals surface area contributed by atoms with Crippen molar-refractivity contribution in [3.8, 4) is 0 Å². The molecule has 2 fully saturated rings. The van der Waals surface area contributed by atoms with E-state index < -0.39 is 71.7 Å². The molecule has 1 aromatic carbocycles. The number of fused-ring (bicyclic) bond motifs is 1. The number of nitrogens with one attached hydrogen (secondary N) is 1. The predicted octanol–water partition coefficient (Wildman–Crippen LogP) is 2.47. The maximum absolute atomic E-state index is 15.2. The normalized spacial score (nSPS) is 21.5. The molecule has 2 aromatic rings. The Bertz CT molecular complexity index is 1110. The number of alkyl halides is 4. The fourth-order valence-corrected chi connectivity index (χ4v) is 4.15. The van der Waals surface area contributed by atoms with E-state index in [4.69, 9.17) is 0 Å². The molecule has 11 heteroatoms. The Morgan fingerprint density at radius 3 is 2.45 bits per heavy atom. The van der Waals surface area contributed by atoms with Crippen molar-refractivity contribution >= 4 is 16.6 Å². The molecule has 1 aliphatic carbocycles. The lowest BCUT2D eigenvalue weighted by Gasteiger charge is -2.25. The molecular weight excluding hydrogens is 401 g/mol. The molecule has 0 bridgehead atoms. The molecule has 1 unspecified atom stereocenters. The van der Waals surface area contributed by atoms with Gasteiger partial charge >= 0.3 is 5.69 Å². The molecule has 4 rings (SSSR count). The van der Waals surface area contributed by atoms with E-state index in [1.54, 1.807) is 0 Å². The van der Waals surface area contributed by atoms with Crippen LogP contribution in [0.2, 0.25) is 0 Å². The second-order valence-electron chi connectivity index (χ2n) is 7.61. The maximum atomic E-state index is 15.2. The first-order valence-corrected chi connectivity index (χ1v) is 9.10. The Hall–Kier alpha value is -2.43. The number of aromatic amines is 1. The standard InChI is InChI=1S/C18H18F5N3O3/c1-7-13-11(16(28)24-17(29)26(13)9-2-3-9)10(15(20)21)12(19)14(7)25-4-8(5-27)18(22,23)6-25/h8-9,15,27H,2-6H2,1H3,(H,24,28,29). The molecule has 2 N–H and O–H groups in total. The minimum Gasteiger partial charge on any atom is -0.396 e. The van der Waals surface area contributed by atoms with Crippen molar-refractivity contribution in [3.05, 3.63) is 37.8 Å². The van der Waals surface area contributed by atoms with E-state index >= 15 is 4.39 Å². The zero-order valence-corrected chi connectivity index (χ0v) is 15.3. The van der Waals surface area contributed by atoms with E-state index in [1.165, 1.54) is 6.92 Å². The molecule has 1 atom stereocenters. The van der Waals surface area contributed by atoms with Crippen LogP contribution < -0.4 is 16.1 Å². The van der Waals surface area contributed by atoms with Crippen LogP contribution in [0, 0.1) is 18.7 Å². The topological polar surface area (TPSA) is 78.3 Å². The van der Waals surface area contributed by atoms with Gasteiger partial charge in [-0.1, -0.05) is 0 Å². The number of aromatic nitrogens is 2. The third-order valence-corrected chi connectivity index (χ3v) is 5.67. The highest BCUT2D eigenvalue weighted by atomic mass is 19.3. The Labute approximate surface area is 160 Å². The summed E-state index contributed by atoms with van der Waals surface area (Å²) in [7, 11) is 0. The molecule has 1 aromatic heterocycles. The van der Waals surface area contributed by atoms with Crippen LogP contribution in [-0.4, -0.2) is 40.3 Å². The van der Waals surface area contributed by atoms with Gasteiger partial charge in [0.05, 0.1) is 41.2 Å². The molecule has 1 saturated heterocycles. The van der Waals surface area contributed by atoms with Gasteiger partial charge in [-0.05, 0) is 19.8 Å².